The quantitative estimate of drug-likeness (QED) is 0.0810. The maximum atomic E-state index is 12.6. The fourth-order valence-corrected chi connectivity index (χ4v) is 2.84. The molecule has 178 valence electrons. The van der Waals surface area contributed by atoms with E-state index in [1.165, 1.54) is 11.8 Å². The second-order valence-electron chi connectivity index (χ2n) is 7.24. The van der Waals surface area contributed by atoms with Crippen LogP contribution < -0.4 is 33.2 Å². The molecular weight excluding hydrogens is 426 g/mol. The van der Waals surface area contributed by atoms with E-state index in [4.69, 9.17) is 17.2 Å². The molecule has 10 N–H and O–H groups in total. The number of carbonyl (C=O) groups is 4. The number of nitrogens with one attached hydrogen (secondary N) is 3. The van der Waals surface area contributed by atoms with Crippen molar-refractivity contribution in [2.75, 3.05) is 25.1 Å². The number of carboxylic acids is 1. The van der Waals surface area contributed by atoms with Gasteiger partial charge in [-0.05, 0) is 37.2 Å². The number of hydrogen-bond acceptors (Lipinski definition) is 7. The number of nitrogens with zero attached hydrogens (tertiary/aromatic N) is 1. The maximum absolute atomic E-state index is 12.6. The van der Waals surface area contributed by atoms with E-state index in [0.29, 0.717) is 12.2 Å². The van der Waals surface area contributed by atoms with Gasteiger partial charge in [-0.2, -0.15) is 11.8 Å². The van der Waals surface area contributed by atoms with Gasteiger partial charge >= 0.3 is 5.97 Å². The Labute approximate surface area is 186 Å². The van der Waals surface area contributed by atoms with Gasteiger partial charge in [0, 0.05) is 6.54 Å². The monoisotopic (exact) mass is 461 g/mol. The molecule has 0 aliphatic heterocycles. The molecule has 0 aromatic heterocycles. The minimum Gasteiger partial charge on any atom is -0.480 e. The third-order valence-corrected chi connectivity index (χ3v) is 4.91. The zero-order valence-corrected chi connectivity index (χ0v) is 19.0. The summed E-state index contributed by atoms with van der Waals surface area (Å²) in [6, 6.07) is -2.87. The molecule has 3 amide bonds. The van der Waals surface area contributed by atoms with Crippen molar-refractivity contribution in [3.8, 4) is 0 Å². The minimum atomic E-state index is -1.16. The van der Waals surface area contributed by atoms with Crippen LogP contribution in [0, 0.1) is 5.92 Å². The molecule has 13 heteroatoms. The molecule has 0 aliphatic carbocycles. The van der Waals surface area contributed by atoms with E-state index in [1.54, 1.807) is 13.8 Å². The van der Waals surface area contributed by atoms with Crippen LogP contribution in [-0.4, -0.2) is 78.0 Å². The Morgan fingerprint density at radius 3 is 2.19 bits per heavy atom. The molecule has 0 heterocycles. The lowest BCUT2D eigenvalue weighted by Crippen LogP contribution is -2.54. The summed E-state index contributed by atoms with van der Waals surface area (Å²) >= 11 is 1.45. The van der Waals surface area contributed by atoms with Crippen molar-refractivity contribution in [2.45, 2.75) is 51.2 Å². The molecule has 3 unspecified atom stereocenters. The first kappa shape index (κ1) is 28.5. The first-order valence-electron chi connectivity index (χ1n) is 9.89. The molecule has 0 rings (SSSR count). The van der Waals surface area contributed by atoms with E-state index in [-0.39, 0.29) is 37.8 Å². The highest BCUT2D eigenvalue weighted by Gasteiger charge is 2.26. The summed E-state index contributed by atoms with van der Waals surface area (Å²) in [5.74, 6) is -2.56. The Balaban J connectivity index is 5.03. The van der Waals surface area contributed by atoms with E-state index in [0.717, 1.165) is 0 Å². The van der Waals surface area contributed by atoms with E-state index in [1.807, 2.05) is 6.26 Å². The fraction of sp³-hybridized carbons (Fsp3) is 0.722. The zero-order valence-electron chi connectivity index (χ0n) is 18.2. The van der Waals surface area contributed by atoms with Crippen LogP contribution in [0.2, 0.25) is 0 Å². The Kier molecular flexibility index (Phi) is 14.0. The summed E-state index contributed by atoms with van der Waals surface area (Å²) in [6.45, 7) is 3.41. The van der Waals surface area contributed by atoms with Gasteiger partial charge in [-0.1, -0.05) is 13.8 Å². The van der Waals surface area contributed by atoms with Crippen LogP contribution in [0.3, 0.4) is 0 Å². The number of aliphatic carboxylic acids is 1. The fourth-order valence-electron chi connectivity index (χ4n) is 2.37. The van der Waals surface area contributed by atoms with E-state index >= 15 is 0 Å². The topological polar surface area (TPSA) is 215 Å². The first-order chi connectivity index (χ1) is 14.5. The van der Waals surface area contributed by atoms with Crippen molar-refractivity contribution in [1.29, 1.82) is 0 Å². The van der Waals surface area contributed by atoms with Crippen molar-refractivity contribution in [1.82, 2.24) is 16.0 Å². The number of carbonyl (C=O) groups excluding carboxylic acids is 3. The van der Waals surface area contributed by atoms with Crippen LogP contribution in [0.1, 0.15) is 33.1 Å². The highest BCUT2D eigenvalue weighted by atomic mass is 32.2. The van der Waals surface area contributed by atoms with Crippen LogP contribution in [0.25, 0.3) is 0 Å². The lowest BCUT2D eigenvalue weighted by atomic mass is 10.1. The number of carboxylic acid groups (broad SMARTS) is 1. The Bertz CT molecular complexity index is 641. The van der Waals surface area contributed by atoms with Gasteiger partial charge in [0.2, 0.25) is 17.7 Å². The van der Waals surface area contributed by atoms with Gasteiger partial charge in [0.15, 0.2) is 5.96 Å². The van der Waals surface area contributed by atoms with Crippen molar-refractivity contribution >= 4 is 41.4 Å². The number of rotatable bonds is 15. The predicted molar refractivity (Wildman–Crippen MR) is 120 cm³/mol. The molecule has 0 fully saturated rings. The van der Waals surface area contributed by atoms with Gasteiger partial charge in [0.05, 0.1) is 12.6 Å². The summed E-state index contributed by atoms with van der Waals surface area (Å²) in [4.78, 5) is 52.0. The normalized spacial score (nSPS) is 13.6. The van der Waals surface area contributed by atoms with E-state index in [9.17, 15) is 24.3 Å². The van der Waals surface area contributed by atoms with Gasteiger partial charge in [0.25, 0.3) is 0 Å². The Morgan fingerprint density at radius 2 is 1.68 bits per heavy atom. The highest BCUT2D eigenvalue weighted by Crippen LogP contribution is 2.04. The minimum absolute atomic E-state index is 0.0998. The van der Waals surface area contributed by atoms with E-state index in [2.05, 4.69) is 20.9 Å². The molecule has 31 heavy (non-hydrogen) atoms. The molecule has 0 bridgehead atoms. The molecule has 0 aromatic rings. The molecule has 0 aliphatic rings. The summed E-state index contributed by atoms with van der Waals surface area (Å²) < 4.78 is 0. The molecule has 0 radical (unpaired) electrons. The standard InChI is InChI=1S/C18H35N7O5S/c1-10(2)14(19)16(28)23-9-13(26)24-11(5-4-7-22-18(20)21)15(27)25-12(17(29)30)6-8-31-3/h10-12,14H,4-9,19H2,1-3H3,(H,23,28)(H,24,26)(H,25,27)(H,29,30)(H4,20,21,22). The third-order valence-electron chi connectivity index (χ3n) is 4.27. The van der Waals surface area contributed by atoms with Crippen molar-refractivity contribution in [3.05, 3.63) is 0 Å². The first-order valence-corrected chi connectivity index (χ1v) is 11.3. The summed E-state index contributed by atoms with van der Waals surface area (Å²) in [6.07, 6.45) is 2.60. The third kappa shape index (κ3) is 12.7. The molecule has 0 aromatic carbocycles. The van der Waals surface area contributed by atoms with Crippen LogP contribution in [-0.2, 0) is 19.2 Å². The Morgan fingerprint density at radius 1 is 1.03 bits per heavy atom. The van der Waals surface area contributed by atoms with Gasteiger partial charge < -0.3 is 38.3 Å². The number of aliphatic imine (C=N–C) groups is 1. The van der Waals surface area contributed by atoms with Gasteiger partial charge in [-0.15, -0.1) is 0 Å². The summed E-state index contributed by atoms with van der Waals surface area (Å²) in [7, 11) is 0. The van der Waals surface area contributed by atoms with Gasteiger partial charge in [-0.3, -0.25) is 19.4 Å². The van der Waals surface area contributed by atoms with Crippen molar-refractivity contribution in [2.24, 2.45) is 28.1 Å². The zero-order chi connectivity index (χ0) is 24.0. The average molecular weight is 462 g/mol. The van der Waals surface area contributed by atoms with Crippen LogP contribution in [0.4, 0.5) is 0 Å². The lowest BCUT2D eigenvalue weighted by molar-refractivity contribution is -0.142. The number of thioether (sulfide) groups is 1. The van der Waals surface area contributed by atoms with Crippen LogP contribution >= 0.6 is 11.8 Å². The van der Waals surface area contributed by atoms with Gasteiger partial charge in [-0.25, -0.2) is 4.79 Å². The SMILES string of the molecule is CSCCC(NC(=O)C(CCCN=C(N)N)NC(=O)CNC(=O)C(N)C(C)C)C(=O)O. The molecule has 0 saturated heterocycles. The Hall–Kier alpha value is -2.54. The number of nitrogens with two attached hydrogens (primary N) is 3. The largest absolute Gasteiger partial charge is 0.480 e. The average Bonchev–Trinajstić information content (AvgIpc) is 2.70. The number of hydrogen-bond donors (Lipinski definition) is 7. The van der Waals surface area contributed by atoms with Crippen molar-refractivity contribution in [3.63, 3.8) is 0 Å². The van der Waals surface area contributed by atoms with Gasteiger partial charge in [0.1, 0.15) is 12.1 Å². The second kappa shape index (κ2) is 15.3. The lowest BCUT2D eigenvalue weighted by Gasteiger charge is -2.22. The summed E-state index contributed by atoms with van der Waals surface area (Å²) in [5.41, 5.74) is 16.3. The molecule has 3 atom stereocenters. The summed E-state index contributed by atoms with van der Waals surface area (Å²) in [5, 5.41) is 16.7. The maximum Gasteiger partial charge on any atom is 0.326 e. The second-order valence-corrected chi connectivity index (χ2v) is 8.22. The molecule has 0 spiro atoms. The highest BCUT2D eigenvalue weighted by molar-refractivity contribution is 7.98. The van der Waals surface area contributed by atoms with Crippen LogP contribution in [0.15, 0.2) is 4.99 Å². The molecule has 0 saturated carbocycles. The molecule has 12 nitrogen and oxygen atoms in total. The number of amides is 3. The van der Waals surface area contributed by atoms with Crippen LogP contribution in [0.5, 0.6) is 0 Å². The predicted octanol–water partition coefficient (Wildman–Crippen LogP) is -2.05. The van der Waals surface area contributed by atoms with E-state index < -0.39 is 41.8 Å². The number of guanidine groups is 1. The smallest absolute Gasteiger partial charge is 0.326 e. The van der Waals surface area contributed by atoms with Crippen molar-refractivity contribution < 1.29 is 24.3 Å². The molecular formula is C18H35N7O5S.